The monoisotopic (exact) mass is 593 g/mol. The molecule has 0 radical (unpaired) electrons. The van der Waals surface area contributed by atoms with Gasteiger partial charge in [0.25, 0.3) is 0 Å². The first-order chi connectivity index (χ1) is 20.3. The van der Waals surface area contributed by atoms with Gasteiger partial charge in [0.05, 0.1) is 12.6 Å². The smallest absolute Gasteiger partial charge is 0.358 e. The molecule has 5 rings (SSSR count). The quantitative estimate of drug-likeness (QED) is 0.233. The van der Waals surface area contributed by atoms with Gasteiger partial charge in [0, 0.05) is 41.5 Å². The summed E-state index contributed by atoms with van der Waals surface area (Å²) in [6.07, 6.45) is 9.24. The van der Waals surface area contributed by atoms with E-state index in [1.807, 2.05) is 29.3 Å². The van der Waals surface area contributed by atoms with Crippen molar-refractivity contribution < 1.29 is 19.1 Å². The number of ether oxygens (including phenoxy) is 1. The lowest BCUT2D eigenvalue weighted by atomic mass is 10.0. The third-order valence-corrected chi connectivity index (χ3v) is 9.35. The number of likely N-dealkylation sites (tertiary alicyclic amines) is 1. The molecule has 0 unspecified atom stereocenters. The van der Waals surface area contributed by atoms with Gasteiger partial charge in [-0.2, -0.15) is 0 Å². The maximum absolute atomic E-state index is 13.9. The Morgan fingerprint density at radius 2 is 1.83 bits per heavy atom. The SMILES string of the molecule is CCOC(=O)c1nc([C@@H](Cc2c[nH]c3ccccc23)NC(=O)[C@H](CC(C)C)NC(=O)N2CCCCCC2)sc1C1CC1. The summed E-state index contributed by atoms with van der Waals surface area (Å²) in [7, 11) is 0. The molecule has 0 spiro atoms. The fourth-order valence-electron chi connectivity index (χ4n) is 5.68. The number of aromatic nitrogens is 2. The highest BCUT2D eigenvalue weighted by Crippen LogP contribution is 2.46. The zero-order valence-corrected chi connectivity index (χ0v) is 25.7. The van der Waals surface area contributed by atoms with Crippen LogP contribution in [0, 0.1) is 5.92 Å². The number of rotatable bonds is 11. The number of benzene rings is 1. The van der Waals surface area contributed by atoms with Crippen molar-refractivity contribution >= 4 is 40.1 Å². The summed E-state index contributed by atoms with van der Waals surface area (Å²) < 4.78 is 5.34. The first kappa shape index (κ1) is 30.1. The highest BCUT2D eigenvalue weighted by atomic mass is 32.1. The minimum absolute atomic E-state index is 0.180. The van der Waals surface area contributed by atoms with Gasteiger partial charge in [-0.15, -0.1) is 11.3 Å². The van der Waals surface area contributed by atoms with Crippen LogP contribution in [0.15, 0.2) is 30.5 Å². The number of nitrogens with zero attached hydrogens (tertiary/aromatic N) is 2. The topological polar surface area (TPSA) is 116 Å². The molecular formula is C32H43N5O4S. The molecule has 2 fully saturated rings. The lowest BCUT2D eigenvalue weighted by Crippen LogP contribution is -2.52. The van der Waals surface area contributed by atoms with Crippen LogP contribution in [-0.2, 0) is 16.0 Å². The Kier molecular flexibility index (Phi) is 9.82. The van der Waals surface area contributed by atoms with Crippen LogP contribution in [-0.4, -0.2) is 58.5 Å². The van der Waals surface area contributed by atoms with Gasteiger partial charge in [-0.25, -0.2) is 14.6 Å². The van der Waals surface area contributed by atoms with E-state index in [1.165, 1.54) is 11.3 Å². The van der Waals surface area contributed by atoms with Gasteiger partial charge in [-0.3, -0.25) is 4.79 Å². The second-order valence-corrected chi connectivity index (χ2v) is 13.0. The molecule has 3 aromatic rings. The zero-order valence-electron chi connectivity index (χ0n) is 24.9. The summed E-state index contributed by atoms with van der Waals surface area (Å²) in [6, 6.07) is 6.73. The van der Waals surface area contributed by atoms with E-state index in [2.05, 4.69) is 35.5 Å². The Bertz CT molecular complexity index is 1390. The lowest BCUT2D eigenvalue weighted by Gasteiger charge is -2.27. The number of hydrogen-bond acceptors (Lipinski definition) is 6. The van der Waals surface area contributed by atoms with Gasteiger partial charge in [0.15, 0.2) is 5.69 Å². The van der Waals surface area contributed by atoms with Gasteiger partial charge in [-0.1, -0.05) is 44.9 Å². The number of carbonyl (C=O) groups is 3. The number of nitrogens with one attached hydrogen (secondary N) is 3. The molecule has 1 saturated carbocycles. The van der Waals surface area contributed by atoms with Gasteiger partial charge in [0.1, 0.15) is 11.0 Å². The predicted octanol–water partition coefficient (Wildman–Crippen LogP) is 6.08. The Labute approximate surface area is 251 Å². The molecule has 226 valence electrons. The summed E-state index contributed by atoms with van der Waals surface area (Å²) in [4.78, 5) is 50.9. The van der Waals surface area contributed by atoms with Crippen molar-refractivity contribution in [1.29, 1.82) is 0 Å². The number of urea groups is 1. The zero-order chi connectivity index (χ0) is 29.6. The summed E-state index contributed by atoms with van der Waals surface area (Å²) in [5.41, 5.74) is 2.43. The molecule has 2 aliphatic rings. The third kappa shape index (κ3) is 7.32. The Morgan fingerprint density at radius 3 is 2.52 bits per heavy atom. The average Bonchev–Trinajstić information content (AvgIpc) is 3.68. The van der Waals surface area contributed by atoms with E-state index in [1.54, 1.807) is 6.92 Å². The summed E-state index contributed by atoms with van der Waals surface area (Å²) in [5, 5.41) is 8.05. The van der Waals surface area contributed by atoms with E-state index >= 15 is 0 Å². The molecule has 2 atom stereocenters. The maximum atomic E-state index is 13.9. The fraction of sp³-hybridized carbons (Fsp3) is 0.562. The molecule has 10 heteroatoms. The summed E-state index contributed by atoms with van der Waals surface area (Å²) in [6.45, 7) is 7.59. The number of hydrogen-bond donors (Lipinski definition) is 3. The first-order valence-electron chi connectivity index (χ1n) is 15.4. The number of thiazole rings is 1. The van der Waals surface area contributed by atoms with Crippen LogP contribution in [0.1, 0.15) is 104 Å². The first-order valence-corrected chi connectivity index (χ1v) is 16.2. The second-order valence-electron chi connectivity index (χ2n) is 11.9. The fourth-order valence-corrected chi connectivity index (χ4v) is 6.95. The number of para-hydroxylation sites is 1. The predicted molar refractivity (Wildman–Crippen MR) is 165 cm³/mol. The van der Waals surface area contributed by atoms with Crippen LogP contribution in [0.3, 0.4) is 0 Å². The van der Waals surface area contributed by atoms with Crippen molar-refractivity contribution in [3.63, 3.8) is 0 Å². The lowest BCUT2D eigenvalue weighted by molar-refractivity contribution is -0.124. The molecule has 1 aliphatic heterocycles. The van der Waals surface area contributed by atoms with E-state index in [0.29, 0.717) is 42.6 Å². The van der Waals surface area contributed by atoms with Crippen LogP contribution in [0.2, 0.25) is 0 Å². The molecule has 2 aromatic heterocycles. The normalized spacial score (nSPS) is 17.1. The van der Waals surface area contributed by atoms with E-state index in [4.69, 9.17) is 9.72 Å². The molecule has 1 aliphatic carbocycles. The number of aromatic amines is 1. The van der Waals surface area contributed by atoms with Crippen LogP contribution in [0.25, 0.3) is 10.9 Å². The minimum atomic E-state index is -0.682. The molecule has 3 N–H and O–H groups in total. The number of H-pyrrole nitrogens is 1. The van der Waals surface area contributed by atoms with Gasteiger partial charge in [-0.05, 0) is 62.5 Å². The number of carbonyl (C=O) groups excluding carboxylic acids is 3. The van der Waals surface area contributed by atoms with E-state index in [0.717, 1.165) is 59.9 Å². The molecule has 1 aromatic carbocycles. The maximum Gasteiger partial charge on any atom is 0.358 e. The summed E-state index contributed by atoms with van der Waals surface area (Å²) >= 11 is 1.49. The third-order valence-electron chi connectivity index (χ3n) is 8.01. The number of fused-ring (bicyclic) bond motifs is 1. The molecule has 3 heterocycles. The number of esters is 1. The Morgan fingerprint density at radius 1 is 1.10 bits per heavy atom. The molecular weight excluding hydrogens is 550 g/mol. The van der Waals surface area contributed by atoms with Crippen LogP contribution >= 0.6 is 11.3 Å². The highest BCUT2D eigenvalue weighted by molar-refractivity contribution is 7.12. The number of amides is 3. The molecule has 0 bridgehead atoms. The van der Waals surface area contributed by atoms with E-state index < -0.39 is 18.1 Å². The van der Waals surface area contributed by atoms with Gasteiger partial charge in [0.2, 0.25) is 5.91 Å². The molecule has 9 nitrogen and oxygen atoms in total. The molecule has 1 saturated heterocycles. The standard InChI is InChI=1S/C32H43N5O4S/c1-4-41-31(39)27-28(21-13-14-21)42-30(36-27)26(18-22-19-33-24-12-8-7-11-23(22)24)34-29(38)25(17-20(2)3)35-32(40)37-15-9-5-6-10-16-37/h7-8,11-12,19-21,25-26,33H,4-6,9-10,13-18H2,1-3H3,(H,34,38)(H,35,40)/t25-,26+/m0/s1. The van der Waals surface area contributed by atoms with Crippen molar-refractivity contribution in [1.82, 2.24) is 25.5 Å². The minimum Gasteiger partial charge on any atom is -0.461 e. The Hall–Kier alpha value is -3.40. The largest absolute Gasteiger partial charge is 0.461 e. The Balaban J connectivity index is 1.43. The van der Waals surface area contributed by atoms with Crippen molar-refractivity contribution in [2.24, 2.45) is 5.92 Å². The molecule has 42 heavy (non-hydrogen) atoms. The van der Waals surface area contributed by atoms with E-state index in [-0.39, 0.29) is 24.5 Å². The van der Waals surface area contributed by atoms with Crippen LogP contribution < -0.4 is 10.6 Å². The van der Waals surface area contributed by atoms with Crippen molar-refractivity contribution in [2.45, 2.75) is 90.1 Å². The average molecular weight is 594 g/mol. The van der Waals surface area contributed by atoms with Crippen LogP contribution in [0.5, 0.6) is 0 Å². The highest BCUT2D eigenvalue weighted by Gasteiger charge is 2.35. The van der Waals surface area contributed by atoms with Crippen molar-refractivity contribution in [3.8, 4) is 0 Å². The van der Waals surface area contributed by atoms with Crippen molar-refractivity contribution in [2.75, 3.05) is 19.7 Å². The van der Waals surface area contributed by atoms with E-state index in [9.17, 15) is 14.4 Å². The second kappa shape index (κ2) is 13.7. The van der Waals surface area contributed by atoms with Crippen LogP contribution in [0.4, 0.5) is 4.79 Å². The van der Waals surface area contributed by atoms with Gasteiger partial charge >= 0.3 is 12.0 Å². The van der Waals surface area contributed by atoms with Gasteiger partial charge < -0.3 is 25.3 Å². The summed E-state index contributed by atoms with van der Waals surface area (Å²) in [5.74, 6) is -0.144. The van der Waals surface area contributed by atoms with Crippen molar-refractivity contribution in [3.05, 3.63) is 51.6 Å². The molecule has 3 amide bonds.